The number of benzene rings is 2. The van der Waals surface area contributed by atoms with E-state index in [0.717, 1.165) is 30.4 Å². The fourth-order valence-corrected chi connectivity index (χ4v) is 6.49. The number of halogens is 1. The van der Waals surface area contributed by atoms with Gasteiger partial charge in [0.2, 0.25) is 15.9 Å². The van der Waals surface area contributed by atoms with Crippen molar-refractivity contribution in [1.29, 1.82) is 0 Å². The van der Waals surface area contributed by atoms with E-state index in [1.54, 1.807) is 48.5 Å². The van der Waals surface area contributed by atoms with Crippen LogP contribution in [0.15, 0.2) is 71.6 Å². The van der Waals surface area contributed by atoms with Gasteiger partial charge >= 0.3 is 0 Å². The third-order valence-electron chi connectivity index (χ3n) is 6.86. The lowest BCUT2D eigenvalue weighted by atomic mass is 9.95. The summed E-state index contributed by atoms with van der Waals surface area (Å²) < 4.78 is 27.4. The van der Waals surface area contributed by atoms with Crippen LogP contribution < -0.4 is 5.32 Å². The number of carbonyl (C=O) groups excluding carboxylic acids is 1. The van der Waals surface area contributed by atoms with Crippen molar-refractivity contribution >= 4 is 33.3 Å². The number of rotatable bonds is 7. The molecule has 7 nitrogen and oxygen atoms in total. The normalized spacial score (nSPS) is 19.4. The molecular formula is C26H26ClN3O4S. The Balaban J connectivity index is 1.33. The SMILES string of the molecule is O=C(Nc1cccc(-c2ccc(S(=O)(=O)N3CCC[C@@H]3CO)cc2)n1)C1(c2ccc(Cl)cc2)CC1. The summed E-state index contributed by atoms with van der Waals surface area (Å²) in [5.74, 6) is 0.335. The monoisotopic (exact) mass is 511 g/mol. The molecule has 2 fully saturated rings. The summed E-state index contributed by atoms with van der Waals surface area (Å²) in [7, 11) is -3.67. The summed E-state index contributed by atoms with van der Waals surface area (Å²) in [5.41, 5.74) is 1.74. The summed E-state index contributed by atoms with van der Waals surface area (Å²) >= 11 is 5.99. The Morgan fingerprint density at radius 2 is 1.80 bits per heavy atom. The molecular weight excluding hydrogens is 486 g/mol. The van der Waals surface area contributed by atoms with E-state index in [1.165, 1.54) is 4.31 Å². The van der Waals surface area contributed by atoms with Crippen molar-refractivity contribution in [3.8, 4) is 11.3 Å². The van der Waals surface area contributed by atoms with Crippen molar-refractivity contribution in [2.75, 3.05) is 18.5 Å². The molecule has 2 aliphatic rings. The molecule has 9 heteroatoms. The maximum Gasteiger partial charge on any atom is 0.243 e. The molecule has 182 valence electrons. The van der Waals surface area contributed by atoms with Crippen LogP contribution in [0, 0.1) is 0 Å². The van der Waals surface area contributed by atoms with Crippen molar-refractivity contribution in [2.24, 2.45) is 0 Å². The highest BCUT2D eigenvalue weighted by Crippen LogP contribution is 2.49. The highest BCUT2D eigenvalue weighted by atomic mass is 35.5. The van der Waals surface area contributed by atoms with E-state index in [1.807, 2.05) is 18.2 Å². The van der Waals surface area contributed by atoms with Gasteiger partial charge in [0.1, 0.15) is 5.82 Å². The topological polar surface area (TPSA) is 99.6 Å². The molecule has 35 heavy (non-hydrogen) atoms. The van der Waals surface area contributed by atoms with Crippen LogP contribution in [-0.2, 0) is 20.2 Å². The van der Waals surface area contributed by atoms with Gasteiger partial charge in [-0.3, -0.25) is 4.79 Å². The van der Waals surface area contributed by atoms with Gasteiger partial charge in [0.15, 0.2) is 0 Å². The van der Waals surface area contributed by atoms with E-state index in [0.29, 0.717) is 29.5 Å². The van der Waals surface area contributed by atoms with Gasteiger partial charge in [0.25, 0.3) is 0 Å². The highest BCUT2D eigenvalue weighted by Gasteiger charge is 2.51. The quantitative estimate of drug-likeness (QED) is 0.495. The Bertz CT molecular complexity index is 1340. The van der Waals surface area contributed by atoms with E-state index < -0.39 is 15.4 Å². The average Bonchev–Trinajstić information content (AvgIpc) is 3.54. The van der Waals surface area contributed by atoms with Crippen LogP contribution in [0.25, 0.3) is 11.3 Å². The molecule has 3 aromatic rings. The Morgan fingerprint density at radius 1 is 1.09 bits per heavy atom. The number of pyridine rings is 1. The number of anilines is 1. The van der Waals surface area contributed by atoms with Gasteiger partial charge in [-0.2, -0.15) is 4.31 Å². The molecule has 2 aromatic carbocycles. The predicted molar refractivity (Wildman–Crippen MR) is 135 cm³/mol. The number of sulfonamides is 1. The Hall–Kier alpha value is -2.78. The Labute approximate surface area is 209 Å². The largest absolute Gasteiger partial charge is 0.395 e. The van der Waals surface area contributed by atoms with Crippen molar-refractivity contribution in [3.05, 3.63) is 77.3 Å². The van der Waals surface area contributed by atoms with Crippen LogP contribution in [0.2, 0.25) is 5.02 Å². The van der Waals surface area contributed by atoms with Gasteiger partial charge in [-0.1, -0.05) is 41.9 Å². The minimum atomic E-state index is -3.67. The number of amides is 1. The van der Waals surface area contributed by atoms with Crippen LogP contribution in [-0.4, -0.2) is 47.9 Å². The molecule has 1 saturated heterocycles. The molecule has 1 saturated carbocycles. The first-order valence-corrected chi connectivity index (χ1v) is 13.4. The number of aliphatic hydroxyl groups is 1. The van der Waals surface area contributed by atoms with Crippen molar-refractivity contribution in [1.82, 2.24) is 9.29 Å². The molecule has 0 spiro atoms. The van der Waals surface area contributed by atoms with Gasteiger partial charge in [-0.05, 0) is 67.6 Å². The standard InChI is InChI=1S/C26H26ClN3O4S/c27-20-10-8-19(9-11-20)26(14-15-26)25(32)29-24-5-1-4-23(28-24)18-6-12-22(13-7-18)35(33,34)30-16-2-3-21(30)17-31/h1,4-13,21,31H,2-3,14-17H2,(H,28,29,32)/t21-/m1/s1. The minimum Gasteiger partial charge on any atom is -0.395 e. The van der Waals surface area contributed by atoms with Crippen LogP contribution in [0.4, 0.5) is 5.82 Å². The van der Waals surface area contributed by atoms with E-state index in [-0.39, 0.29) is 23.5 Å². The van der Waals surface area contributed by atoms with Gasteiger partial charge < -0.3 is 10.4 Å². The smallest absolute Gasteiger partial charge is 0.243 e. The first-order chi connectivity index (χ1) is 16.8. The Kier molecular flexibility index (Phi) is 6.40. The molecule has 5 rings (SSSR count). The summed E-state index contributed by atoms with van der Waals surface area (Å²) in [6, 6.07) is 18.9. The number of carbonyl (C=O) groups is 1. The first kappa shape index (κ1) is 23.9. The fourth-order valence-electron chi connectivity index (χ4n) is 4.68. The number of aromatic nitrogens is 1. The fraction of sp³-hybridized carbons (Fsp3) is 0.308. The Morgan fingerprint density at radius 3 is 2.46 bits per heavy atom. The maximum atomic E-state index is 13.1. The van der Waals surface area contributed by atoms with Gasteiger partial charge in [0.05, 0.1) is 22.6 Å². The van der Waals surface area contributed by atoms with E-state index in [9.17, 15) is 18.3 Å². The van der Waals surface area contributed by atoms with Gasteiger partial charge in [-0.15, -0.1) is 0 Å². The number of hydrogen-bond acceptors (Lipinski definition) is 5. The van der Waals surface area contributed by atoms with Gasteiger partial charge in [0, 0.05) is 23.2 Å². The van der Waals surface area contributed by atoms with Crippen molar-refractivity contribution in [2.45, 2.75) is 42.0 Å². The van der Waals surface area contributed by atoms with Crippen LogP contribution in [0.3, 0.4) is 0 Å². The molecule has 2 heterocycles. The number of hydrogen-bond donors (Lipinski definition) is 2. The van der Waals surface area contributed by atoms with Crippen LogP contribution >= 0.6 is 11.6 Å². The molecule has 1 aliphatic heterocycles. The summed E-state index contributed by atoms with van der Waals surface area (Å²) in [6.07, 6.45) is 2.94. The lowest BCUT2D eigenvalue weighted by Gasteiger charge is -2.22. The second-order valence-corrected chi connectivity index (χ2v) is 11.4. The summed E-state index contributed by atoms with van der Waals surface area (Å²) in [4.78, 5) is 17.9. The van der Waals surface area contributed by atoms with E-state index in [2.05, 4.69) is 10.3 Å². The molecule has 2 N–H and O–H groups in total. The molecule has 0 bridgehead atoms. The van der Waals surface area contributed by atoms with Gasteiger partial charge in [-0.25, -0.2) is 13.4 Å². The third-order valence-corrected chi connectivity index (χ3v) is 9.08. The van der Waals surface area contributed by atoms with E-state index >= 15 is 0 Å². The lowest BCUT2D eigenvalue weighted by molar-refractivity contribution is -0.118. The van der Waals surface area contributed by atoms with Crippen LogP contribution in [0.5, 0.6) is 0 Å². The predicted octanol–water partition coefficient (Wildman–Crippen LogP) is 4.22. The second kappa shape index (κ2) is 9.35. The van der Waals surface area contributed by atoms with E-state index in [4.69, 9.17) is 11.6 Å². The highest BCUT2D eigenvalue weighted by molar-refractivity contribution is 7.89. The average molecular weight is 512 g/mol. The summed E-state index contributed by atoms with van der Waals surface area (Å²) in [5, 5.41) is 13.1. The second-order valence-electron chi connectivity index (χ2n) is 9.07. The number of nitrogens with zero attached hydrogens (tertiary/aromatic N) is 2. The van der Waals surface area contributed by atoms with Crippen LogP contribution in [0.1, 0.15) is 31.2 Å². The zero-order valence-electron chi connectivity index (χ0n) is 19.0. The van der Waals surface area contributed by atoms with Crippen molar-refractivity contribution in [3.63, 3.8) is 0 Å². The maximum absolute atomic E-state index is 13.1. The zero-order chi connectivity index (χ0) is 24.6. The molecule has 1 amide bonds. The first-order valence-electron chi connectivity index (χ1n) is 11.6. The lowest BCUT2D eigenvalue weighted by Crippen LogP contribution is -2.37. The number of nitrogens with one attached hydrogen (secondary N) is 1. The molecule has 1 aliphatic carbocycles. The third kappa shape index (κ3) is 4.59. The molecule has 1 aromatic heterocycles. The minimum absolute atomic E-state index is 0.102. The summed E-state index contributed by atoms with van der Waals surface area (Å²) in [6.45, 7) is 0.231. The zero-order valence-corrected chi connectivity index (χ0v) is 20.6. The molecule has 0 radical (unpaired) electrons. The molecule has 1 atom stereocenters. The van der Waals surface area contributed by atoms with Crippen molar-refractivity contribution < 1.29 is 18.3 Å². The molecule has 0 unspecified atom stereocenters. The number of aliphatic hydroxyl groups excluding tert-OH is 1.